The van der Waals surface area contributed by atoms with Crippen LogP contribution in [-0.4, -0.2) is 61.7 Å². The van der Waals surface area contributed by atoms with Crippen LogP contribution in [0.25, 0.3) is 0 Å². The van der Waals surface area contributed by atoms with Gasteiger partial charge in [-0.15, -0.1) is 0 Å². The van der Waals surface area contributed by atoms with Crippen molar-refractivity contribution < 1.29 is 14.6 Å². The molecule has 0 atom stereocenters. The van der Waals surface area contributed by atoms with Crippen LogP contribution in [-0.2, 0) is 4.74 Å². The molecule has 0 aliphatic carbocycles. The molecular formula is C16H24N2O3. The highest BCUT2D eigenvalue weighted by molar-refractivity contribution is 5.84. The molecule has 1 heterocycles. The predicted octanol–water partition coefficient (Wildman–Crippen LogP) is 1.93. The molecule has 0 unspecified atom stereocenters. The third kappa shape index (κ3) is 3.95. The summed E-state index contributed by atoms with van der Waals surface area (Å²) in [4.78, 5) is 6.89. The number of aliphatic imine (C=N–C) groups is 1. The molecule has 0 spiro atoms. The fourth-order valence-corrected chi connectivity index (χ4v) is 2.44. The van der Waals surface area contributed by atoms with E-state index in [4.69, 9.17) is 9.47 Å². The summed E-state index contributed by atoms with van der Waals surface area (Å²) >= 11 is 0. The third-order valence-electron chi connectivity index (χ3n) is 3.83. The Bertz CT molecular complexity index is 494. The van der Waals surface area contributed by atoms with Crippen LogP contribution in [0.3, 0.4) is 0 Å². The van der Waals surface area contributed by atoms with Gasteiger partial charge >= 0.3 is 0 Å². The van der Waals surface area contributed by atoms with Gasteiger partial charge in [-0.3, -0.25) is 9.89 Å². The van der Waals surface area contributed by atoms with Crippen LogP contribution in [0.4, 0.5) is 0 Å². The number of ether oxygens (including phenoxy) is 2. The van der Waals surface area contributed by atoms with Crippen molar-refractivity contribution in [2.75, 3.05) is 40.0 Å². The second kappa shape index (κ2) is 6.91. The van der Waals surface area contributed by atoms with Gasteiger partial charge < -0.3 is 14.6 Å². The average Bonchev–Trinajstić information content (AvgIpc) is 2.50. The molecule has 1 fully saturated rings. The van der Waals surface area contributed by atoms with Gasteiger partial charge in [-0.25, -0.2) is 0 Å². The fraction of sp³-hybridized carbons (Fsp3) is 0.562. The van der Waals surface area contributed by atoms with Crippen LogP contribution in [0.5, 0.6) is 11.5 Å². The molecule has 21 heavy (non-hydrogen) atoms. The smallest absolute Gasteiger partial charge is 0.166 e. The lowest BCUT2D eigenvalue weighted by Gasteiger charge is -2.39. The second-order valence-corrected chi connectivity index (χ2v) is 5.78. The molecule has 1 aromatic carbocycles. The summed E-state index contributed by atoms with van der Waals surface area (Å²) in [6.45, 7) is 8.47. The molecule has 1 N–H and O–H groups in total. The van der Waals surface area contributed by atoms with Crippen molar-refractivity contribution in [1.29, 1.82) is 0 Å². The highest BCUT2D eigenvalue weighted by atomic mass is 16.5. The number of hydrogen-bond acceptors (Lipinski definition) is 5. The van der Waals surface area contributed by atoms with Gasteiger partial charge in [-0.1, -0.05) is 6.07 Å². The van der Waals surface area contributed by atoms with E-state index in [1.807, 2.05) is 12.1 Å². The first-order chi connectivity index (χ1) is 10.0. The molecule has 1 aliphatic rings. The van der Waals surface area contributed by atoms with E-state index < -0.39 is 0 Å². The second-order valence-electron chi connectivity index (χ2n) is 5.78. The van der Waals surface area contributed by atoms with E-state index >= 15 is 0 Å². The zero-order chi connectivity index (χ0) is 15.3. The summed E-state index contributed by atoms with van der Waals surface area (Å²) in [7, 11) is 1.54. The molecule has 0 aromatic heterocycles. The molecule has 1 aromatic rings. The molecule has 2 rings (SSSR count). The van der Waals surface area contributed by atoms with E-state index in [0.717, 1.165) is 26.3 Å². The van der Waals surface area contributed by atoms with Crippen LogP contribution in [0, 0.1) is 0 Å². The predicted molar refractivity (Wildman–Crippen MR) is 83.6 cm³/mol. The Morgan fingerprint density at radius 3 is 2.76 bits per heavy atom. The number of phenols is 1. The molecule has 0 radical (unpaired) electrons. The molecule has 116 valence electrons. The van der Waals surface area contributed by atoms with Crippen LogP contribution in [0.2, 0.25) is 0 Å². The van der Waals surface area contributed by atoms with Crippen molar-refractivity contribution in [3.63, 3.8) is 0 Å². The molecule has 1 saturated heterocycles. The van der Waals surface area contributed by atoms with E-state index in [2.05, 4.69) is 23.7 Å². The molecule has 0 bridgehead atoms. The third-order valence-corrected chi connectivity index (χ3v) is 3.83. The van der Waals surface area contributed by atoms with Gasteiger partial charge in [0.1, 0.15) is 0 Å². The minimum absolute atomic E-state index is 0.0191. The zero-order valence-electron chi connectivity index (χ0n) is 13.0. The highest BCUT2D eigenvalue weighted by Gasteiger charge is 2.27. The van der Waals surface area contributed by atoms with Crippen molar-refractivity contribution in [2.24, 2.45) is 4.99 Å². The minimum Gasteiger partial charge on any atom is -0.504 e. The zero-order valence-corrected chi connectivity index (χ0v) is 13.0. The lowest BCUT2D eigenvalue weighted by molar-refractivity contribution is -0.00676. The van der Waals surface area contributed by atoms with E-state index in [9.17, 15) is 5.11 Å². The number of nitrogens with zero attached hydrogens (tertiary/aromatic N) is 2. The molecular weight excluding hydrogens is 268 g/mol. The maximum absolute atomic E-state index is 10.0. The Balaban J connectivity index is 2.01. The SMILES string of the molecule is COc1cccc(C=NCC(C)(C)N2CCOCC2)c1O. The summed E-state index contributed by atoms with van der Waals surface area (Å²) in [5.74, 6) is 0.597. The van der Waals surface area contributed by atoms with Gasteiger partial charge in [0.15, 0.2) is 11.5 Å². The number of benzene rings is 1. The standard InChI is InChI=1S/C16H24N2O3/c1-16(2,18-7-9-21-10-8-18)12-17-11-13-5-4-6-14(20-3)15(13)19/h4-6,11,19H,7-10,12H2,1-3H3. The highest BCUT2D eigenvalue weighted by Crippen LogP contribution is 2.28. The van der Waals surface area contributed by atoms with Gasteiger partial charge in [-0.2, -0.15) is 0 Å². The first-order valence-electron chi connectivity index (χ1n) is 7.23. The Kier molecular flexibility index (Phi) is 5.20. The number of methoxy groups -OCH3 is 1. The molecule has 5 nitrogen and oxygen atoms in total. The Morgan fingerprint density at radius 2 is 2.10 bits per heavy atom. The largest absolute Gasteiger partial charge is 0.504 e. The van der Waals surface area contributed by atoms with Crippen molar-refractivity contribution in [3.8, 4) is 11.5 Å². The number of morpholine rings is 1. The van der Waals surface area contributed by atoms with E-state index in [1.165, 1.54) is 7.11 Å². The van der Waals surface area contributed by atoms with Crippen molar-refractivity contribution in [3.05, 3.63) is 23.8 Å². The summed E-state index contributed by atoms with van der Waals surface area (Å²) in [5.41, 5.74) is 0.654. The van der Waals surface area contributed by atoms with Crippen molar-refractivity contribution >= 4 is 6.21 Å². The topological polar surface area (TPSA) is 54.3 Å². The van der Waals surface area contributed by atoms with Crippen LogP contribution in [0.15, 0.2) is 23.2 Å². The molecule has 0 amide bonds. The first-order valence-corrected chi connectivity index (χ1v) is 7.23. The van der Waals surface area contributed by atoms with Gasteiger partial charge in [0.25, 0.3) is 0 Å². The van der Waals surface area contributed by atoms with Gasteiger partial charge in [-0.05, 0) is 26.0 Å². The minimum atomic E-state index is -0.0191. The first kappa shape index (κ1) is 15.8. The average molecular weight is 292 g/mol. The summed E-state index contributed by atoms with van der Waals surface area (Å²) < 4.78 is 10.5. The molecule has 0 saturated carbocycles. The number of para-hydroxylation sites is 1. The van der Waals surface area contributed by atoms with Gasteiger partial charge in [0.05, 0.1) is 26.9 Å². The van der Waals surface area contributed by atoms with Crippen LogP contribution in [0.1, 0.15) is 19.4 Å². The quantitative estimate of drug-likeness (QED) is 0.843. The number of phenolic OH excluding ortho intramolecular Hbond substituents is 1. The lowest BCUT2D eigenvalue weighted by Crippen LogP contribution is -2.51. The fourth-order valence-electron chi connectivity index (χ4n) is 2.44. The van der Waals surface area contributed by atoms with E-state index in [-0.39, 0.29) is 11.3 Å². The molecule has 5 heteroatoms. The normalized spacial score (nSPS) is 17.3. The Morgan fingerprint density at radius 1 is 1.38 bits per heavy atom. The number of hydrogen-bond donors (Lipinski definition) is 1. The number of rotatable bonds is 5. The van der Waals surface area contributed by atoms with E-state index in [0.29, 0.717) is 17.9 Å². The van der Waals surface area contributed by atoms with Crippen molar-refractivity contribution in [1.82, 2.24) is 4.90 Å². The summed E-state index contributed by atoms with van der Waals surface area (Å²) in [6, 6.07) is 5.39. The summed E-state index contributed by atoms with van der Waals surface area (Å²) in [6.07, 6.45) is 1.71. The van der Waals surface area contributed by atoms with E-state index in [1.54, 1.807) is 12.3 Å². The Labute approximate surface area is 126 Å². The Hall–Kier alpha value is -1.59. The maximum atomic E-state index is 10.0. The van der Waals surface area contributed by atoms with Crippen LogP contribution >= 0.6 is 0 Å². The number of aromatic hydroxyl groups is 1. The van der Waals surface area contributed by atoms with Crippen molar-refractivity contribution in [2.45, 2.75) is 19.4 Å². The summed E-state index contributed by atoms with van der Waals surface area (Å²) in [5, 5.41) is 10.0. The lowest BCUT2D eigenvalue weighted by atomic mass is 10.0. The van der Waals surface area contributed by atoms with Gasteiger partial charge in [0, 0.05) is 30.4 Å². The van der Waals surface area contributed by atoms with Crippen LogP contribution < -0.4 is 4.74 Å². The molecule has 1 aliphatic heterocycles. The van der Waals surface area contributed by atoms with Gasteiger partial charge in [0.2, 0.25) is 0 Å². The maximum Gasteiger partial charge on any atom is 0.166 e. The monoisotopic (exact) mass is 292 g/mol.